The quantitative estimate of drug-likeness (QED) is 0.506. The van der Waals surface area contributed by atoms with Crippen LogP contribution in [0.1, 0.15) is 69.7 Å². The zero-order valence-electron chi connectivity index (χ0n) is 19.9. The first-order valence-corrected chi connectivity index (χ1v) is 12.1. The minimum atomic E-state index is -0.188. The fourth-order valence-electron chi connectivity index (χ4n) is 4.86. The lowest BCUT2D eigenvalue weighted by Crippen LogP contribution is -3.18. The number of carbonyl (C=O) groups is 2. The van der Waals surface area contributed by atoms with Gasteiger partial charge < -0.3 is 20.4 Å². The van der Waals surface area contributed by atoms with E-state index in [9.17, 15) is 9.59 Å². The van der Waals surface area contributed by atoms with Crippen molar-refractivity contribution < 1.29 is 19.4 Å². The van der Waals surface area contributed by atoms with E-state index in [-0.39, 0.29) is 23.4 Å². The van der Waals surface area contributed by atoms with Crippen molar-refractivity contribution in [3.63, 3.8) is 0 Å². The Morgan fingerprint density at radius 3 is 2.16 bits per heavy atom. The average Bonchev–Trinajstić information content (AvgIpc) is 2.91. The highest BCUT2D eigenvalue weighted by Gasteiger charge is 2.25. The van der Waals surface area contributed by atoms with Crippen LogP contribution in [-0.4, -0.2) is 56.6 Å². The summed E-state index contributed by atoms with van der Waals surface area (Å²) in [5.41, 5.74) is 3.96. The second kappa shape index (κ2) is 10.6. The number of hydrogen-bond donors (Lipinski definition) is 4. The molecule has 0 aromatic heterocycles. The van der Waals surface area contributed by atoms with Crippen molar-refractivity contribution in [3.05, 3.63) is 34.9 Å². The van der Waals surface area contributed by atoms with Gasteiger partial charge in [0.1, 0.15) is 13.1 Å². The summed E-state index contributed by atoms with van der Waals surface area (Å²) in [7, 11) is 0. The summed E-state index contributed by atoms with van der Waals surface area (Å²) in [6.07, 6.45) is 5.95. The van der Waals surface area contributed by atoms with Gasteiger partial charge >= 0.3 is 0 Å². The Bertz CT molecular complexity index is 771. The van der Waals surface area contributed by atoms with Gasteiger partial charge in [-0.15, -0.1) is 0 Å². The summed E-state index contributed by atoms with van der Waals surface area (Å²) in [6, 6.07) is 6.76. The predicted octanol–water partition coefficient (Wildman–Crippen LogP) is -0.169. The maximum absolute atomic E-state index is 12.7. The first-order valence-electron chi connectivity index (χ1n) is 12.1. The second-order valence-corrected chi connectivity index (χ2v) is 10.5. The van der Waals surface area contributed by atoms with E-state index in [2.05, 4.69) is 35.8 Å². The fraction of sp³-hybridized carbons (Fsp3) is 0.680. The highest BCUT2D eigenvalue weighted by Crippen LogP contribution is 2.24. The number of hydrogen-bond acceptors (Lipinski definition) is 2. The lowest BCUT2D eigenvalue weighted by Gasteiger charge is -2.23. The molecule has 6 heteroatoms. The molecule has 4 N–H and O–H groups in total. The third-order valence-electron chi connectivity index (χ3n) is 6.48. The molecule has 1 fully saturated rings. The molecule has 2 amide bonds. The van der Waals surface area contributed by atoms with E-state index in [1.165, 1.54) is 45.8 Å². The Balaban J connectivity index is 1.44. The summed E-state index contributed by atoms with van der Waals surface area (Å²) in [5.74, 6) is 0.233. The number of fused-ring (bicyclic) bond motifs is 1. The van der Waals surface area contributed by atoms with Crippen molar-refractivity contribution in [2.24, 2.45) is 0 Å². The van der Waals surface area contributed by atoms with E-state index in [0.29, 0.717) is 13.1 Å². The highest BCUT2D eigenvalue weighted by molar-refractivity contribution is 5.77. The molecule has 172 valence electrons. The summed E-state index contributed by atoms with van der Waals surface area (Å²) < 4.78 is 0. The van der Waals surface area contributed by atoms with Gasteiger partial charge in [-0.05, 0) is 70.1 Å². The number of amides is 2. The Morgan fingerprint density at radius 1 is 0.903 bits per heavy atom. The molecule has 2 aliphatic rings. The van der Waals surface area contributed by atoms with Gasteiger partial charge in [-0.3, -0.25) is 9.59 Å². The standard InChI is InChI=1S/C25H40N4O2/c1-19(21-11-10-20-8-5-6-9-22(20)16-21)26-23(30)17-28-12-7-13-29(15-14-28)18-24(31)27-25(2,3)4/h10-11,16,19H,5-9,12-15,17-18H2,1-4H3,(H,26,30)(H,27,31)/p+2/t19-/m0/s1. The van der Waals surface area contributed by atoms with Crippen LogP contribution >= 0.6 is 0 Å². The van der Waals surface area contributed by atoms with Crippen molar-refractivity contribution in [1.82, 2.24) is 10.6 Å². The molecule has 1 aliphatic carbocycles. The summed E-state index contributed by atoms with van der Waals surface area (Å²) in [6.45, 7) is 13.0. The molecule has 0 radical (unpaired) electrons. The third-order valence-corrected chi connectivity index (χ3v) is 6.48. The van der Waals surface area contributed by atoms with Crippen LogP contribution in [0.5, 0.6) is 0 Å². The normalized spacial score (nSPS) is 22.7. The van der Waals surface area contributed by atoms with Crippen LogP contribution in [0, 0.1) is 0 Å². The SMILES string of the molecule is C[C@H](NC(=O)C[NH+]1CCC[NH+](CC(=O)NC(C)(C)C)CC1)c1ccc2c(c1)CCCC2. The molecule has 6 nitrogen and oxygen atoms in total. The minimum Gasteiger partial charge on any atom is -0.347 e. The molecule has 0 spiro atoms. The highest BCUT2D eigenvalue weighted by atomic mass is 16.2. The summed E-state index contributed by atoms with van der Waals surface area (Å²) >= 11 is 0. The van der Waals surface area contributed by atoms with E-state index >= 15 is 0 Å². The van der Waals surface area contributed by atoms with Crippen molar-refractivity contribution in [1.29, 1.82) is 0 Å². The second-order valence-electron chi connectivity index (χ2n) is 10.5. The Labute approximate surface area is 187 Å². The molecule has 1 heterocycles. The third kappa shape index (κ3) is 7.62. The van der Waals surface area contributed by atoms with Crippen molar-refractivity contribution in [2.75, 3.05) is 39.3 Å². The molecule has 2 unspecified atom stereocenters. The largest absolute Gasteiger partial charge is 0.347 e. The fourth-order valence-corrected chi connectivity index (χ4v) is 4.86. The van der Waals surface area contributed by atoms with Crippen LogP contribution in [0.2, 0.25) is 0 Å². The van der Waals surface area contributed by atoms with Crippen LogP contribution in [-0.2, 0) is 22.4 Å². The van der Waals surface area contributed by atoms with Crippen LogP contribution in [0.3, 0.4) is 0 Å². The van der Waals surface area contributed by atoms with Gasteiger partial charge in [0.2, 0.25) is 0 Å². The predicted molar refractivity (Wildman–Crippen MR) is 123 cm³/mol. The number of rotatable bonds is 6. The number of quaternary nitrogens is 2. The molecule has 1 aromatic rings. The van der Waals surface area contributed by atoms with Gasteiger partial charge in [0.25, 0.3) is 11.8 Å². The molecule has 3 rings (SSSR count). The maximum Gasteiger partial charge on any atom is 0.275 e. The number of aryl methyl sites for hydroxylation is 2. The van der Waals surface area contributed by atoms with E-state index < -0.39 is 0 Å². The first kappa shape index (κ1) is 23.7. The number of carbonyl (C=O) groups excluding carboxylic acids is 2. The van der Waals surface area contributed by atoms with Crippen molar-refractivity contribution >= 4 is 11.8 Å². The van der Waals surface area contributed by atoms with Crippen LogP contribution < -0.4 is 20.4 Å². The molecular formula is C25H42N4O2+2. The van der Waals surface area contributed by atoms with Crippen molar-refractivity contribution in [2.45, 2.75) is 71.4 Å². The van der Waals surface area contributed by atoms with Gasteiger partial charge in [-0.1, -0.05) is 18.2 Å². The van der Waals surface area contributed by atoms with E-state index in [1.54, 1.807) is 0 Å². The van der Waals surface area contributed by atoms with Gasteiger partial charge in [-0.25, -0.2) is 0 Å². The van der Waals surface area contributed by atoms with Gasteiger partial charge in [0, 0.05) is 12.0 Å². The van der Waals surface area contributed by atoms with E-state index in [4.69, 9.17) is 0 Å². The molecule has 0 saturated carbocycles. The zero-order chi connectivity index (χ0) is 22.4. The van der Waals surface area contributed by atoms with Gasteiger partial charge in [-0.2, -0.15) is 0 Å². The Hall–Kier alpha value is -1.92. The number of nitrogens with one attached hydrogen (secondary N) is 4. The van der Waals surface area contributed by atoms with Crippen LogP contribution in [0.25, 0.3) is 0 Å². The molecule has 1 aromatic carbocycles. The monoisotopic (exact) mass is 430 g/mol. The zero-order valence-corrected chi connectivity index (χ0v) is 19.9. The lowest BCUT2D eigenvalue weighted by atomic mass is 9.89. The van der Waals surface area contributed by atoms with E-state index in [0.717, 1.165) is 39.0 Å². The van der Waals surface area contributed by atoms with Crippen LogP contribution in [0.4, 0.5) is 0 Å². The molecule has 1 saturated heterocycles. The summed E-state index contributed by atoms with van der Waals surface area (Å²) in [5, 5.41) is 6.26. The smallest absolute Gasteiger partial charge is 0.275 e. The number of benzene rings is 1. The Morgan fingerprint density at radius 2 is 1.52 bits per heavy atom. The maximum atomic E-state index is 12.7. The molecule has 1 aliphatic heterocycles. The molecule has 0 bridgehead atoms. The van der Waals surface area contributed by atoms with Crippen molar-refractivity contribution in [3.8, 4) is 0 Å². The van der Waals surface area contributed by atoms with E-state index in [1.807, 2.05) is 20.8 Å². The average molecular weight is 431 g/mol. The molecular weight excluding hydrogens is 388 g/mol. The molecule has 3 atom stereocenters. The van der Waals surface area contributed by atoms with Gasteiger partial charge in [0.05, 0.1) is 19.1 Å². The van der Waals surface area contributed by atoms with Gasteiger partial charge in [0.15, 0.2) is 13.1 Å². The lowest BCUT2D eigenvalue weighted by molar-refractivity contribution is -0.930. The Kier molecular flexibility index (Phi) is 8.11. The first-order chi connectivity index (χ1) is 14.7. The minimum absolute atomic E-state index is 0.0364. The van der Waals surface area contributed by atoms with Crippen LogP contribution in [0.15, 0.2) is 18.2 Å². The summed E-state index contributed by atoms with van der Waals surface area (Å²) in [4.78, 5) is 27.6. The molecule has 31 heavy (non-hydrogen) atoms. The topological polar surface area (TPSA) is 67.1 Å².